The quantitative estimate of drug-likeness (QED) is 0.715. The van der Waals surface area contributed by atoms with E-state index in [1.807, 2.05) is 4.90 Å². The lowest BCUT2D eigenvalue weighted by atomic mass is 10.1. The van der Waals surface area contributed by atoms with Gasteiger partial charge in [-0.1, -0.05) is 35.0 Å². The standard InChI is InChI=1S/C19H19N3O3/c1-13-4-6-14(7-5-13)8-9-22-12-15(11-17(22)23)18-20-19(25-21-18)16-3-2-10-24-16/h2-7,10,15H,8-9,11-12H2,1H3. The molecule has 0 spiro atoms. The first kappa shape index (κ1) is 15.6. The van der Waals surface area contributed by atoms with Crippen molar-refractivity contribution in [3.63, 3.8) is 0 Å². The molecule has 25 heavy (non-hydrogen) atoms. The molecule has 2 aromatic heterocycles. The Hall–Kier alpha value is -2.89. The third-order valence-electron chi connectivity index (χ3n) is 4.54. The molecule has 6 heteroatoms. The number of aromatic nitrogens is 2. The first-order valence-corrected chi connectivity index (χ1v) is 8.40. The number of hydrogen-bond donors (Lipinski definition) is 0. The molecular formula is C19H19N3O3. The number of furan rings is 1. The van der Waals surface area contributed by atoms with Gasteiger partial charge in [0.2, 0.25) is 5.91 Å². The fourth-order valence-corrected chi connectivity index (χ4v) is 3.08. The van der Waals surface area contributed by atoms with Gasteiger partial charge in [0.1, 0.15) is 0 Å². The maximum Gasteiger partial charge on any atom is 0.293 e. The summed E-state index contributed by atoms with van der Waals surface area (Å²) in [6.07, 6.45) is 2.83. The lowest BCUT2D eigenvalue weighted by Crippen LogP contribution is -2.27. The van der Waals surface area contributed by atoms with Gasteiger partial charge in [0, 0.05) is 25.4 Å². The highest BCUT2D eigenvalue weighted by atomic mass is 16.5. The van der Waals surface area contributed by atoms with E-state index in [1.165, 1.54) is 11.1 Å². The van der Waals surface area contributed by atoms with E-state index in [1.54, 1.807) is 18.4 Å². The van der Waals surface area contributed by atoms with Crippen molar-refractivity contribution in [2.24, 2.45) is 0 Å². The van der Waals surface area contributed by atoms with Crippen LogP contribution < -0.4 is 0 Å². The van der Waals surface area contributed by atoms with Gasteiger partial charge >= 0.3 is 0 Å². The second-order valence-electron chi connectivity index (χ2n) is 6.41. The normalized spacial score (nSPS) is 17.4. The highest BCUT2D eigenvalue weighted by molar-refractivity contribution is 5.79. The van der Waals surface area contributed by atoms with Crippen molar-refractivity contribution in [2.75, 3.05) is 13.1 Å². The summed E-state index contributed by atoms with van der Waals surface area (Å²) in [6.45, 7) is 3.41. The van der Waals surface area contributed by atoms with Crippen LogP contribution in [0.2, 0.25) is 0 Å². The molecule has 3 heterocycles. The smallest absolute Gasteiger partial charge is 0.293 e. The van der Waals surface area contributed by atoms with Crippen molar-refractivity contribution < 1.29 is 13.7 Å². The molecule has 1 fully saturated rings. The van der Waals surface area contributed by atoms with Gasteiger partial charge in [0.25, 0.3) is 5.89 Å². The van der Waals surface area contributed by atoms with Gasteiger partial charge < -0.3 is 13.8 Å². The highest BCUT2D eigenvalue weighted by Crippen LogP contribution is 2.28. The van der Waals surface area contributed by atoms with Crippen LogP contribution in [0.5, 0.6) is 0 Å². The summed E-state index contributed by atoms with van der Waals surface area (Å²) in [4.78, 5) is 18.6. The molecule has 1 aliphatic heterocycles. The molecule has 3 aromatic rings. The van der Waals surface area contributed by atoms with Crippen molar-refractivity contribution >= 4 is 5.91 Å². The zero-order chi connectivity index (χ0) is 17.2. The molecule has 0 bridgehead atoms. The molecule has 4 rings (SSSR count). The van der Waals surface area contributed by atoms with Crippen LogP contribution in [0, 0.1) is 6.92 Å². The number of hydrogen-bond acceptors (Lipinski definition) is 5. The molecule has 0 saturated carbocycles. The summed E-state index contributed by atoms with van der Waals surface area (Å²) in [5.41, 5.74) is 2.48. The zero-order valence-corrected chi connectivity index (χ0v) is 14.0. The predicted molar refractivity (Wildman–Crippen MR) is 90.8 cm³/mol. The molecule has 0 radical (unpaired) electrons. The van der Waals surface area contributed by atoms with Gasteiger partial charge in [-0.25, -0.2) is 0 Å². The Balaban J connectivity index is 1.39. The van der Waals surface area contributed by atoms with E-state index in [-0.39, 0.29) is 11.8 Å². The summed E-state index contributed by atoms with van der Waals surface area (Å²) >= 11 is 0. The number of benzene rings is 1. The Morgan fingerprint density at radius 2 is 2.08 bits per heavy atom. The topological polar surface area (TPSA) is 72.4 Å². The molecule has 6 nitrogen and oxygen atoms in total. The average molecular weight is 337 g/mol. The molecule has 1 amide bonds. The van der Waals surface area contributed by atoms with Crippen LogP contribution in [0.15, 0.2) is 51.6 Å². The Bertz CT molecular complexity index is 852. The Morgan fingerprint density at radius 1 is 1.24 bits per heavy atom. The van der Waals surface area contributed by atoms with E-state index in [0.29, 0.717) is 37.0 Å². The van der Waals surface area contributed by atoms with Crippen molar-refractivity contribution in [2.45, 2.75) is 25.7 Å². The molecule has 1 saturated heterocycles. The van der Waals surface area contributed by atoms with E-state index in [2.05, 4.69) is 41.3 Å². The molecule has 0 aliphatic carbocycles. The fraction of sp³-hybridized carbons (Fsp3) is 0.316. The highest BCUT2D eigenvalue weighted by Gasteiger charge is 2.33. The Kier molecular flexibility index (Phi) is 4.09. The number of carbonyl (C=O) groups excluding carboxylic acids is 1. The van der Waals surface area contributed by atoms with Gasteiger partial charge in [-0.05, 0) is 31.0 Å². The zero-order valence-electron chi connectivity index (χ0n) is 14.0. The van der Waals surface area contributed by atoms with Gasteiger partial charge in [-0.15, -0.1) is 0 Å². The van der Waals surface area contributed by atoms with Crippen LogP contribution in [-0.2, 0) is 11.2 Å². The van der Waals surface area contributed by atoms with Crippen molar-refractivity contribution in [3.8, 4) is 11.7 Å². The van der Waals surface area contributed by atoms with Gasteiger partial charge in [-0.2, -0.15) is 4.98 Å². The largest absolute Gasteiger partial charge is 0.459 e. The second kappa shape index (κ2) is 6.55. The average Bonchev–Trinajstić information content (AvgIpc) is 3.35. The summed E-state index contributed by atoms with van der Waals surface area (Å²) in [5.74, 6) is 1.57. The maximum absolute atomic E-state index is 12.3. The number of rotatable bonds is 5. The van der Waals surface area contributed by atoms with E-state index in [9.17, 15) is 4.79 Å². The number of nitrogens with zero attached hydrogens (tertiary/aromatic N) is 3. The van der Waals surface area contributed by atoms with E-state index in [4.69, 9.17) is 8.94 Å². The van der Waals surface area contributed by atoms with E-state index in [0.717, 1.165) is 6.42 Å². The third kappa shape index (κ3) is 3.33. The minimum absolute atomic E-state index is 0.0296. The van der Waals surface area contributed by atoms with Crippen molar-refractivity contribution in [1.82, 2.24) is 15.0 Å². The van der Waals surface area contributed by atoms with Gasteiger partial charge in [0.05, 0.1) is 6.26 Å². The molecule has 128 valence electrons. The SMILES string of the molecule is Cc1ccc(CCN2CC(c3noc(-c4ccco4)n3)CC2=O)cc1. The Labute approximate surface area is 145 Å². The minimum Gasteiger partial charge on any atom is -0.459 e. The minimum atomic E-state index is -0.0296. The van der Waals surface area contributed by atoms with Crippen LogP contribution >= 0.6 is 0 Å². The summed E-state index contributed by atoms with van der Waals surface area (Å²) in [7, 11) is 0. The third-order valence-corrected chi connectivity index (χ3v) is 4.54. The summed E-state index contributed by atoms with van der Waals surface area (Å²) < 4.78 is 10.5. The van der Waals surface area contributed by atoms with E-state index >= 15 is 0 Å². The van der Waals surface area contributed by atoms with E-state index < -0.39 is 0 Å². The van der Waals surface area contributed by atoms with Gasteiger partial charge in [0.15, 0.2) is 11.6 Å². The number of amides is 1. The molecule has 1 unspecified atom stereocenters. The van der Waals surface area contributed by atoms with Crippen LogP contribution in [0.25, 0.3) is 11.7 Å². The number of carbonyl (C=O) groups is 1. The number of likely N-dealkylation sites (tertiary alicyclic amines) is 1. The Morgan fingerprint density at radius 3 is 2.84 bits per heavy atom. The van der Waals surface area contributed by atoms with Crippen molar-refractivity contribution in [1.29, 1.82) is 0 Å². The van der Waals surface area contributed by atoms with Crippen molar-refractivity contribution in [3.05, 3.63) is 59.6 Å². The molecular weight excluding hydrogens is 318 g/mol. The van der Waals surface area contributed by atoms with Gasteiger partial charge in [-0.3, -0.25) is 4.79 Å². The first-order chi connectivity index (χ1) is 12.2. The lowest BCUT2D eigenvalue weighted by Gasteiger charge is -2.16. The summed E-state index contributed by atoms with van der Waals surface area (Å²) in [6, 6.07) is 12.0. The fourth-order valence-electron chi connectivity index (χ4n) is 3.08. The van der Waals surface area contributed by atoms with Crippen LogP contribution in [-0.4, -0.2) is 34.0 Å². The lowest BCUT2D eigenvalue weighted by molar-refractivity contribution is -0.127. The van der Waals surface area contributed by atoms with Crippen LogP contribution in [0.1, 0.15) is 29.3 Å². The number of aryl methyl sites for hydroxylation is 1. The molecule has 1 atom stereocenters. The predicted octanol–water partition coefficient (Wildman–Crippen LogP) is 3.20. The first-order valence-electron chi connectivity index (χ1n) is 8.40. The van der Waals surface area contributed by atoms with Crippen LogP contribution in [0.3, 0.4) is 0 Å². The summed E-state index contributed by atoms with van der Waals surface area (Å²) in [5, 5.41) is 4.03. The molecule has 1 aliphatic rings. The second-order valence-corrected chi connectivity index (χ2v) is 6.41. The maximum atomic E-state index is 12.3. The monoisotopic (exact) mass is 337 g/mol. The van der Waals surface area contributed by atoms with Crippen LogP contribution in [0.4, 0.5) is 0 Å². The molecule has 1 aromatic carbocycles. The molecule has 0 N–H and O–H groups in total.